The summed E-state index contributed by atoms with van der Waals surface area (Å²) in [4.78, 5) is 31.1. The van der Waals surface area contributed by atoms with Crippen molar-refractivity contribution in [1.29, 1.82) is 0 Å². The Kier molecular flexibility index (Phi) is 3.41. The molecule has 0 fully saturated rings. The summed E-state index contributed by atoms with van der Waals surface area (Å²) in [5, 5.41) is 4.46. The summed E-state index contributed by atoms with van der Waals surface area (Å²) in [6.45, 7) is 1.26. The van der Waals surface area contributed by atoms with Gasteiger partial charge in [-0.15, -0.1) is 0 Å². The molecule has 3 heterocycles. The van der Waals surface area contributed by atoms with E-state index < -0.39 is 0 Å². The Hall–Kier alpha value is -2.96. The van der Waals surface area contributed by atoms with Gasteiger partial charge in [0.25, 0.3) is 5.56 Å². The van der Waals surface area contributed by atoms with Gasteiger partial charge in [-0.1, -0.05) is 24.3 Å². The molecule has 0 saturated carbocycles. The molecule has 0 radical (unpaired) electrons. The molecule has 7 heteroatoms. The molecule has 3 aromatic rings. The number of rotatable bonds is 2. The zero-order valence-corrected chi connectivity index (χ0v) is 13.3. The van der Waals surface area contributed by atoms with Crippen LogP contribution in [0.4, 0.5) is 0 Å². The number of carbonyl (C=O) groups is 1. The molecule has 0 bridgehead atoms. The van der Waals surface area contributed by atoms with Gasteiger partial charge >= 0.3 is 0 Å². The third-order valence-electron chi connectivity index (χ3n) is 4.51. The molecule has 1 amide bonds. The largest absolute Gasteiger partial charge is 0.336 e. The van der Waals surface area contributed by atoms with E-state index in [4.69, 9.17) is 0 Å². The normalized spacial score (nSPS) is 14.0. The summed E-state index contributed by atoms with van der Waals surface area (Å²) < 4.78 is 2.90. The van der Waals surface area contributed by atoms with Gasteiger partial charge in [0.1, 0.15) is 18.3 Å². The average molecular weight is 323 g/mol. The number of aryl methyl sites for hydroxylation is 1. The number of hydrogen-bond donors (Lipinski definition) is 0. The van der Waals surface area contributed by atoms with E-state index >= 15 is 0 Å². The molecule has 7 nitrogen and oxygen atoms in total. The van der Waals surface area contributed by atoms with Gasteiger partial charge in [0.05, 0.1) is 6.20 Å². The Labute approximate surface area is 138 Å². The van der Waals surface area contributed by atoms with Crippen molar-refractivity contribution in [3.05, 3.63) is 58.3 Å². The minimum absolute atomic E-state index is 0.00116. The quantitative estimate of drug-likeness (QED) is 0.696. The van der Waals surface area contributed by atoms with E-state index in [2.05, 4.69) is 16.1 Å². The molecule has 0 spiro atoms. The number of carbonyl (C=O) groups excluding carboxylic acids is 1. The fraction of sp³-hybridized carbons (Fsp3) is 0.294. The first-order chi connectivity index (χ1) is 11.6. The lowest BCUT2D eigenvalue weighted by molar-refractivity contribution is -0.132. The van der Waals surface area contributed by atoms with E-state index in [-0.39, 0.29) is 18.0 Å². The van der Waals surface area contributed by atoms with Crippen molar-refractivity contribution in [3.8, 4) is 0 Å². The average Bonchev–Trinajstić information content (AvgIpc) is 2.98. The Morgan fingerprint density at radius 1 is 1.25 bits per heavy atom. The van der Waals surface area contributed by atoms with E-state index in [1.165, 1.54) is 28.2 Å². The Bertz CT molecular complexity index is 988. The van der Waals surface area contributed by atoms with Crippen LogP contribution in [0, 0.1) is 0 Å². The van der Waals surface area contributed by atoms with Gasteiger partial charge in [-0.05, 0) is 17.5 Å². The number of hydrogen-bond acceptors (Lipinski definition) is 4. The maximum Gasteiger partial charge on any atom is 0.264 e. The van der Waals surface area contributed by atoms with Crippen molar-refractivity contribution in [3.63, 3.8) is 0 Å². The van der Waals surface area contributed by atoms with Crippen molar-refractivity contribution in [2.45, 2.75) is 19.5 Å². The Morgan fingerprint density at radius 2 is 2.04 bits per heavy atom. The zero-order valence-electron chi connectivity index (χ0n) is 13.3. The molecular formula is C17H17N5O2. The van der Waals surface area contributed by atoms with Crippen LogP contribution in [0.3, 0.4) is 0 Å². The van der Waals surface area contributed by atoms with E-state index in [1.807, 2.05) is 18.2 Å². The first kappa shape index (κ1) is 14.6. The standard InChI is InChI=1S/C17H17N5O2/c1-20-16-14(8-19-20)17(24)22(11-18-16)10-15(23)21-7-6-12-4-2-3-5-13(12)9-21/h2-5,8,11H,6-7,9-10H2,1H3. The summed E-state index contributed by atoms with van der Waals surface area (Å²) in [6, 6.07) is 8.15. The molecule has 0 N–H and O–H groups in total. The van der Waals surface area contributed by atoms with Gasteiger partial charge in [-0.3, -0.25) is 18.8 Å². The molecule has 1 aliphatic rings. The highest BCUT2D eigenvalue weighted by atomic mass is 16.2. The van der Waals surface area contributed by atoms with E-state index in [0.29, 0.717) is 24.1 Å². The smallest absolute Gasteiger partial charge is 0.264 e. The summed E-state index contributed by atoms with van der Waals surface area (Å²) >= 11 is 0. The van der Waals surface area contributed by atoms with E-state index in [1.54, 1.807) is 16.6 Å². The van der Waals surface area contributed by atoms with Gasteiger partial charge in [-0.2, -0.15) is 5.10 Å². The van der Waals surface area contributed by atoms with Crippen molar-refractivity contribution < 1.29 is 4.79 Å². The molecule has 4 rings (SSSR count). The second-order valence-electron chi connectivity index (χ2n) is 6.02. The number of fused-ring (bicyclic) bond motifs is 2. The van der Waals surface area contributed by atoms with Crippen LogP contribution < -0.4 is 5.56 Å². The zero-order chi connectivity index (χ0) is 16.7. The van der Waals surface area contributed by atoms with Crippen LogP contribution in [0.2, 0.25) is 0 Å². The summed E-state index contributed by atoms with van der Waals surface area (Å²) in [7, 11) is 1.73. The summed E-state index contributed by atoms with van der Waals surface area (Å²) in [5.41, 5.74) is 2.75. The summed E-state index contributed by atoms with van der Waals surface area (Å²) in [5.74, 6) is -0.0726. The Balaban J connectivity index is 1.57. The van der Waals surface area contributed by atoms with Crippen LogP contribution in [-0.2, 0) is 31.4 Å². The van der Waals surface area contributed by atoms with Gasteiger partial charge < -0.3 is 4.90 Å². The van der Waals surface area contributed by atoms with Crippen molar-refractivity contribution in [2.75, 3.05) is 6.54 Å². The van der Waals surface area contributed by atoms with Crippen LogP contribution in [-0.4, -0.2) is 36.7 Å². The van der Waals surface area contributed by atoms with Gasteiger partial charge in [0.15, 0.2) is 5.65 Å². The fourth-order valence-electron chi connectivity index (χ4n) is 3.13. The highest BCUT2D eigenvalue weighted by Crippen LogP contribution is 2.18. The predicted molar refractivity (Wildman–Crippen MR) is 88.3 cm³/mol. The number of benzene rings is 1. The fourth-order valence-corrected chi connectivity index (χ4v) is 3.13. The van der Waals surface area contributed by atoms with E-state index in [9.17, 15) is 9.59 Å². The molecule has 0 unspecified atom stereocenters. The highest BCUT2D eigenvalue weighted by molar-refractivity contribution is 5.77. The number of amides is 1. The van der Waals surface area contributed by atoms with Gasteiger partial charge in [0.2, 0.25) is 5.91 Å². The maximum absolute atomic E-state index is 12.6. The second-order valence-corrected chi connectivity index (χ2v) is 6.02. The van der Waals surface area contributed by atoms with E-state index in [0.717, 1.165) is 6.42 Å². The monoisotopic (exact) mass is 323 g/mol. The third-order valence-corrected chi connectivity index (χ3v) is 4.51. The van der Waals surface area contributed by atoms with Crippen molar-refractivity contribution in [2.24, 2.45) is 7.05 Å². The lowest BCUT2D eigenvalue weighted by atomic mass is 10.00. The van der Waals surface area contributed by atoms with Crippen LogP contribution in [0.5, 0.6) is 0 Å². The Morgan fingerprint density at radius 3 is 2.88 bits per heavy atom. The predicted octanol–water partition coefficient (Wildman–Crippen LogP) is 0.715. The van der Waals surface area contributed by atoms with Crippen LogP contribution in [0.1, 0.15) is 11.1 Å². The third kappa shape index (κ3) is 2.38. The molecule has 0 saturated heterocycles. The van der Waals surface area contributed by atoms with Gasteiger partial charge in [-0.25, -0.2) is 4.98 Å². The van der Waals surface area contributed by atoms with Crippen molar-refractivity contribution >= 4 is 16.9 Å². The minimum Gasteiger partial charge on any atom is -0.336 e. The minimum atomic E-state index is -0.237. The number of nitrogens with zero attached hydrogens (tertiary/aromatic N) is 5. The maximum atomic E-state index is 12.6. The SMILES string of the molecule is Cn1ncc2c(=O)n(CC(=O)N3CCc4ccccc4C3)cnc21. The van der Waals surface area contributed by atoms with Crippen molar-refractivity contribution in [1.82, 2.24) is 24.2 Å². The summed E-state index contributed by atoms with van der Waals surface area (Å²) in [6.07, 6.45) is 3.75. The molecule has 0 atom stereocenters. The second kappa shape index (κ2) is 5.59. The van der Waals surface area contributed by atoms with Gasteiger partial charge in [0, 0.05) is 20.1 Å². The first-order valence-electron chi connectivity index (χ1n) is 7.85. The molecule has 0 aliphatic carbocycles. The molecule has 24 heavy (non-hydrogen) atoms. The molecule has 2 aromatic heterocycles. The molecule has 1 aromatic carbocycles. The first-order valence-corrected chi connectivity index (χ1v) is 7.85. The van der Waals surface area contributed by atoms with Crippen LogP contribution in [0.15, 0.2) is 41.6 Å². The number of aromatic nitrogens is 4. The lowest BCUT2D eigenvalue weighted by Gasteiger charge is -2.29. The highest BCUT2D eigenvalue weighted by Gasteiger charge is 2.21. The molecule has 122 valence electrons. The molecule has 1 aliphatic heterocycles. The lowest BCUT2D eigenvalue weighted by Crippen LogP contribution is -2.39. The van der Waals surface area contributed by atoms with Crippen LogP contribution in [0.25, 0.3) is 11.0 Å². The molecular weight excluding hydrogens is 306 g/mol. The van der Waals surface area contributed by atoms with Crippen LogP contribution >= 0.6 is 0 Å². The topological polar surface area (TPSA) is 73.0 Å².